The van der Waals surface area contributed by atoms with Crippen molar-refractivity contribution in [3.05, 3.63) is 51.4 Å². The van der Waals surface area contributed by atoms with Crippen molar-refractivity contribution in [1.82, 2.24) is 4.90 Å². The standard InChI is InChI=1S/C16H20N2O2S.C4H4O4/c1-11(2)17-8-6-12(7-9-17)14-10-21-16-13(14)4-3-5-15(16)18(19)20;5-3(6)1-2-4(7)8/h3-5,10-12H,6-9H2,1-2H3;1-2H,(H,5,6)(H,7,8). The summed E-state index contributed by atoms with van der Waals surface area (Å²) in [6, 6.07) is 6.04. The Balaban J connectivity index is 0.000000321. The number of carboxylic acids is 2. The van der Waals surface area contributed by atoms with E-state index in [1.807, 2.05) is 6.07 Å². The minimum atomic E-state index is -1.26. The number of aliphatic carboxylic acids is 2. The summed E-state index contributed by atoms with van der Waals surface area (Å²) < 4.78 is 0.823. The van der Waals surface area contributed by atoms with E-state index in [1.54, 1.807) is 12.1 Å². The number of rotatable bonds is 5. The van der Waals surface area contributed by atoms with Gasteiger partial charge in [-0.1, -0.05) is 12.1 Å². The topological polar surface area (TPSA) is 121 Å². The molecule has 2 aromatic rings. The number of carboxylic acid groups (broad SMARTS) is 2. The lowest BCUT2D eigenvalue weighted by Crippen LogP contribution is -2.37. The summed E-state index contributed by atoms with van der Waals surface area (Å²) in [5.41, 5.74) is 1.55. The maximum absolute atomic E-state index is 11.1. The maximum atomic E-state index is 11.1. The van der Waals surface area contributed by atoms with Crippen LogP contribution >= 0.6 is 11.3 Å². The molecule has 0 saturated carbocycles. The van der Waals surface area contributed by atoms with Crippen LogP contribution in [0.2, 0.25) is 0 Å². The molecule has 1 aliphatic heterocycles. The summed E-state index contributed by atoms with van der Waals surface area (Å²) in [5, 5.41) is 30.0. The first-order valence-corrected chi connectivity index (χ1v) is 10.1. The molecular formula is C20H24N2O6S. The Kier molecular flexibility index (Phi) is 7.86. The molecule has 0 unspecified atom stereocenters. The molecule has 0 aliphatic carbocycles. The maximum Gasteiger partial charge on any atom is 0.328 e. The van der Waals surface area contributed by atoms with Crippen LogP contribution in [0.3, 0.4) is 0 Å². The summed E-state index contributed by atoms with van der Waals surface area (Å²) in [6.45, 7) is 6.72. The van der Waals surface area contributed by atoms with Crippen LogP contribution in [0.4, 0.5) is 5.69 Å². The first-order chi connectivity index (χ1) is 13.7. The normalized spacial score (nSPS) is 15.4. The molecule has 0 spiro atoms. The van der Waals surface area contributed by atoms with Gasteiger partial charge < -0.3 is 15.1 Å². The minimum Gasteiger partial charge on any atom is -0.478 e. The number of carbonyl (C=O) groups is 2. The number of hydrogen-bond donors (Lipinski definition) is 2. The van der Waals surface area contributed by atoms with Crippen LogP contribution in [0.15, 0.2) is 35.7 Å². The molecule has 2 heterocycles. The van der Waals surface area contributed by atoms with E-state index in [0.717, 1.165) is 36.0 Å². The number of nitro groups is 1. The van der Waals surface area contributed by atoms with Crippen molar-refractivity contribution >= 4 is 39.0 Å². The number of likely N-dealkylation sites (tertiary alicyclic amines) is 1. The molecule has 0 radical (unpaired) electrons. The molecule has 1 aliphatic rings. The highest BCUT2D eigenvalue weighted by Crippen LogP contribution is 2.40. The van der Waals surface area contributed by atoms with Gasteiger partial charge in [0.1, 0.15) is 4.70 Å². The van der Waals surface area contributed by atoms with Crippen LogP contribution in [-0.4, -0.2) is 51.1 Å². The molecule has 1 saturated heterocycles. The number of hydrogen-bond acceptors (Lipinski definition) is 6. The molecule has 2 N–H and O–H groups in total. The molecule has 3 rings (SSSR count). The molecule has 8 nitrogen and oxygen atoms in total. The monoisotopic (exact) mass is 420 g/mol. The zero-order valence-corrected chi connectivity index (χ0v) is 17.1. The molecule has 29 heavy (non-hydrogen) atoms. The molecule has 0 atom stereocenters. The quantitative estimate of drug-likeness (QED) is 0.424. The number of nitrogens with zero attached hydrogens (tertiary/aromatic N) is 2. The Bertz CT molecular complexity index is 897. The predicted octanol–water partition coefficient (Wildman–Crippen LogP) is 4.11. The third-order valence-corrected chi connectivity index (χ3v) is 5.91. The van der Waals surface area contributed by atoms with Crippen LogP contribution in [0.1, 0.15) is 38.2 Å². The first kappa shape index (κ1) is 22.5. The van der Waals surface area contributed by atoms with E-state index in [-0.39, 0.29) is 10.6 Å². The minimum absolute atomic E-state index is 0.239. The fourth-order valence-electron chi connectivity index (χ4n) is 3.39. The fraction of sp³-hybridized carbons (Fsp3) is 0.400. The highest BCUT2D eigenvalue weighted by Gasteiger charge is 2.25. The molecular weight excluding hydrogens is 396 g/mol. The predicted molar refractivity (Wildman–Crippen MR) is 112 cm³/mol. The van der Waals surface area contributed by atoms with E-state index >= 15 is 0 Å². The van der Waals surface area contributed by atoms with E-state index in [4.69, 9.17) is 10.2 Å². The second-order valence-electron chi connectivity index (χ2n) is 7.02. The van der Waals surface area contributed by atoms with Gasteiger partial charge in [0.15, 0.2) is 0 Å². The Morgan fingerprint density at radius 2 is 1.79 bits per heavy atom. The van der Waals surface area contributed by atoms with Crippen molar-refractivity contribution in [2.45, 2.75) is 38.6 Å². The van der Waals surface area contributed by atoms with Gasteiger partial charge in [-0.2, -0.15) is 0 Å². The number of fused-ring (bicyclic) bond motifs is 1. The van der Waals surface area contributed by atoms with Crippen molar-refractivity contribution in [2.75, 3.05) is 13.1 Å². The van der Waals surface area contributed by atoms with E-state index < -0.39 is 11.9 Å². The molecule has 1 fully saturated rings. The lowest BCUT2D eigenvalue weighted by Gasteiger charge is -2.34. The van der Waals surface area contributed by atoms with Gasteiger partial charge in [-0.05, 0) is 56.6 Å². The zero-order chi connectivity index (χ0) is 21.6. The van der Waals surface area contributed by atoms with Crippen LogP contribution in [0.25, 0.3) is 10.1 Å². The third kappa shape index (κ3) is 6.10. The second-order valence-corrected chi connectivity index (χ2v) is 7.90. The lowest BCUT2D eigenvalue weighted by atomic mass is 9.88. The van der Waals surface area contributed by atoms with Crippen LogP contribution in [-0.2, 0) is 9.59 Å². The molecule has 0 amide bonds. The molecule has 156 valence electrons. The summed E-state index contributed by atoms with van der Waals surface area (Å²) in [6.07, 6.45) is 3.41. The zero-order valence-electron chi connectivity index (χ0n) is 16.3. The van der Waals surface area contributed by atoms with Gasteiger partial charge in [-0.15, -0.1) is 11.3 Å². The number of benzene rings is 1. The highest BCUT2D eigenvalue weighted by molar-refractivity contribution is 7.18. The lowest BCUT2D eigenvalue weighted by molar-refractivity contribution is -0.382. The van der Waals surface area contributed by atoms with Crippen molar-refractivity contribution in [2.24, 2.45) is 0 Å². The van der Waals surface area contributed by atoms with Crippen LogP contribution in [0, 0.1) is 10.1 Å². The van der Waals surface area contributed by atoms with E-state index in [0.29, 0.717) is 24.1 Å². The average Bonchev–Trinajstić information content (AvgIpc) is 3.11. The Morgan fingerprint density at radius 1 is 1.21 bits per heavy atom. The van der Waals surface area contributed by atoms with Gasteiger partial charge in [-0.25, -0.2) is 9.59 Å². The third-order valence-electron chi connectivity index (χ3n) is 4.87. The summed E-state index contributed by atoms with van der Waals surface area (Å²) in [7, 11) is 0. The Labute approximate surface area is 172 Å². The molecule has 1 aromatic heterocycles. The molecule has 1 aromatic carbocycles. The second kappa shape index (κ2) is 10.1. The SMILES string of the molecule is CC(C)N1CCC(c2csc3c([N+](=O)[O-])cccc23)CC1.O=C(O)C=CC(=O)O. The van der Waals surface area contributed by atoms with E-state index in [9.17, 15) is 19.7 Å². The first-order valence-electron chi connectivity index (χ1n) is 9.23. The molecule has 9 heteroatoms. The van der Waals surface area contributed by atoms with Crippen molar-refractivity contribution < 1.29 is 24.7 Å². The number of non-ortho nitro benzene ring substituents is 1. The fourth-order valence-corrected chi connectivity index (χ4v) is 4.53. The number of nitro benzene ring substituents is 1. The van der Waals surface area contributed by atoms with Gasteiger partial charge in [0, 0.05) is 29.6 Å². The van der Waals surface area contributed by atoms with Gasteiger partial charge in [0.25, 0.3) is 5.69 Å². The summed E-state index contributed by atoms with van der Waals surface area (Å²) >= 11 is 1.51. The summed E-state index contributed by atoms with van der Waals surface area (Å²) in [5.74, 6) is -1.98. The number of thiophene rings is 1. The Hall–Kier alpha value is -2.78. The highest BCUT2D eigenvalue weighted by atomic mass is 32.1. The number of piperidine rings is 1. The molecule has 0 bridgehead atoms. The van der Waals surface area contributed by atoms with Crippen molar-refractivity contribution in [1.29, 1.82) is 0 Å². The van der Waals surface area contributed by atoms with E-state index in [2.05, 4.69) is 24.1 Å². The summed E-state index contributed by atoms with van der Waals surface area (Å²) in [4.78, 5) is 32.5. The smallest absolute Gasteiger partial charge is 0.328 e. The average molecular weight is 420 g/mol. The van der Waals surface area contributed by atoms with Crippen LogP contribution in [0.5, 0.6) is 0 Å². The van der Waals surface area contributed by atoms with Gasteiger partial charge in [0.05, 0.1) is 4.92 Å². The largest absolute Gasteiger partial charge is 0.478 e. The van der Waals surface area contributed by atoms with Gasteiger partial charge >= 0.3 is 11.9 Å². The van der Waals surface area contributed by atoms with Gasteiger partial charge in [0.2, 0.25) is 0 Å². The van der Waals surface area contributed by atoms with Crippen molar-refractivity contribution in [3.8, 4) is 0 Å². The van der Waals surface area contributed by atoms with Crippen LogP contribution < -0.4 is 0 Å². The van der Waals surface area contributed by atoms with E-state index in [1.165, 1.54) is 16.9 Å². The Morgan fingerprint density at radius 3 is 2.28 bits per heavy atom. The van der Waals surface area contributed by atoms with Gasteiger partial charge in [-0.3, -0.25) is 10.1 Å². The van der Waals surface area contributed by atoms with Crippen molar-refractivity contribution in [3.63, 3.8) is 0 Å².